The van der Waals surface area contributed by atoms with Gasteiger partial charge < -0.3 is 9.73 Å². The van der Waals surface area contributed by atoms with Gasteiger partial charge >= 0.3 is 0 Å². The first-order valence-corrected chi connectivity index (χ1v) is 9.23. The minimum atomic E-state index is -3.86. The Morgan fingerprint density at radius 1 is 1.29 bits per heavy atom. The third-order valence-electron chi connectivity index (χ3n) is 3.44. The van der Waals surface area contributed by atoms with Gasteiger partial charge in [-0.3, -0.25) is 9.10 Å². The van der Waals surface area contributed by atoms with E-state index in [-0.39, 0.29) is 18.7 Å². The molecule has 1 aromatic heterocycles. The van der Waals surface area contributed by atoms with Crippen molar-refractivity contribution in [3.63, 3.8) is 0 Å². The van der Waals surface area contributed by atoms with Crippen LogP contribution in [0.3, 0.4) is 0 Å². The number of nitrogens with zero attached hydrogens (tertiary/aromatic N) is 1. The molecule has 0 spiro atoms. The summed E-state index contributed by atoms with van der Waals surface area (Å²) < 4.78 is 44.4. The zero-order valence-corrected chi connectivity index (χ0v) is 14.2. The summed E-state index contributed by atoms with van der Waals surface area (Å²) in [6, 6.07) is 7.76. The summed E-state index contributed by atoms with van der Waals surface area (Å²) in [4.78, 5) is 12.5. The molecule has 1 N–H and O–H groups in total. The van der Waals surface area contributed by atoms with Crippen molar-refractivity contribution in [1.82, 2.24) is 5.32 Å². The van der Waals surface area contributed by atoms with Gasteiger partial charge in [-0.25, -0.2) is 12.8 Å². The van der Waals surface area contributed by atoms with Crippen molar-refractivity contribution in [1.29, 1.82) is 0 Å². The summed E-state index contributed by atoms with van der Waals surface area (Å²) >= 11 is 0. The molecule has 0 saturated carbocycles. The molecule has 0 fully saturated rings. The molecule has 1 amide bonds. The van der Waals surface area contributed by atoms with Crippen molar-refractivity contribution in [3.05, 3.63) is 54.2 Å². The van der Waals surface area contributed by atoms with Crippen molar-refractivity contribution >= 4 is 21.6 Å². The SMILES string of the molecule is CCC(C(=O)NCc1ccco1)N(c1ccccc1F)S(C)(=O)=O. The lowest BCUT2D eigenvalue weighted by Gasteiger charge is -2.30. The maximum atomic E-state index is 14.1. The van der Waals surface area contributed by atoms with E-state index in [0.29, 0.717) is 5.76 Å². The van der Waals surface area contributed by atoms with Gasteiger partial charge in [-0.2, -0.15) is 0 Å². The number of para-hydroxylation sites is 1. The van der Waals surface area contributed by atoms with Gasteiger partial charge in [0.2, 0.25) is 15.9 Å². The molecule has 2 aromatic rings. The molecule has 0 aliphatic rings. The molecule has 1 unspecified atom stereocenters. The van der Waals surface area contributed by atoms with Crippen molar-refractivity contribution in [3.8, 4) is 0 Å². The Morgan fingerprint density at radius 3 is 2.54 bits per heavy atom. The number of hydrogen-bond donors (Lipinski definition) is 1. The fraction of sp³-hybridized carbons (Fsp3) is 0.312. The number of benzene rings is 1. The highest BCUT2D eigenvalue weighted by molar-refractivity contribution is 7.92. The predicted molar refractivity (Wildman–Crippen MR) is 88.4 cm³/mol. The van der Waals surface area contributed by atoms with Crippen LogP contribution in [0.2, 0.25) is 0 Å². The van der Waals surface area contributed by atoms with Crippen LogP contribution in [0, 0.1) is 5.82 Å². The first-order chi connectivity index (χ1) is 11.3. The molecule has 0 aliphatic carbocycles. The summed E-state index contributed by atoms with van der Waals surface area (Å²) in [6.07, 6.45) is 2.61. The molecule has 1 heterocycles. The Kier molecular flexibility index (Phi) is 5.61. The average molecular weight is 354 g/mol. The van der Waals surface area contributed by atoms with E-state index in [9.17, 15) is 17.6 Å². The molecule has 0 aliphatic heterocycles. The van der Waals surface area contributed by atoms with Crippen LogP contribution in [0.15, 0.2) is 47.1 Å². The number of anilines is 1. The number of rotatable bonds is 7. The number of hydrogen-bond acceptors (Lipinski definition) is 4. The molecule has 130 valence electrons. The summed E-state index contributed by atoms with van der Waals surface area (Å²) in [5, 5.41) is 2.62. The van der Waals surface area contributed by atoms with Crippen LogP contribution in [0.1, 0.15) is 19.1 Å². The Morgan fingerprint density at radius 2 is 2.00 bits per heavy atom. The lowest BCUT2D eigenvalue weighted by Crippen LogP contribution is -2.49. The second-order valence-corrected chi connectivity index (χ2v) is 7.09. The number of halogens is 1. The first-order valence-electron chi connectivity index (χ1n) is 7.38. The Labute approximate surface area is 140 Å². The van der Waals surface area contributed by atoms with Gasteiger partial charge in [0.25, 0.3) is 0 Å². The van der Waals surface area contributed by atoms with E-state index in [4.69, 9.17) is 4.42 Å². The van der Waals surface area contributed by atoms with Crippen molar-refractivity contribution in [2.45, 2.75) is 25.9 Å². The highest BCUT2D eigenvalue weighted by Crippen LogP contribution is 2.25. The molecule has 0 bridgehead atoms. The summed E-state index contributed by atoms with van der Waals surface area (Å²) in [5.74, 6) is -0.696. The van der Waals surface area contributed by atoms with Crippen LogP contribution in [-0.4, -0.2) is 26.6 Å². The lowest BCUT2D eigenvalue weighted by atomic mass is 10.2. The standard InChI is InChI=1S/C16H19FN2O4S/c1-3-14(16(20)18-11-12-7-6-10-23-12)19(24(2,21)22)15-9-5-4-8-13(15)17/h4-10,14H,3,11H2,1-2H3,(H,18,20). The number of furan rings is 1. The van der Waals surface area contributed by atoms with Crippen LogP contribution >= 0.6 is 0 Å². The van der Waals surface area contributed by atoms with Crippen LogP contribution in [0.25, 0.3) is 0 Å². The Balaban J connectivity index is 2.29. The quantitative estimate of drug-likeness (QED) is 0.827. The highest BCUT2D eigenvalue weighted by Gasteiger charge is 2.32. The van der Waals surface area contributed by atoms with Crippen molar-refractivity contribution in [2.75, 3.05) is 10.6 Å². The zero-order valence-electron chi connectivity index (χ0n) is 13.4. The van der Waals surface area contributed by atoms with E-state index < -0.39 is 27.8 Å². The number of carbonyl (C=O) groups is 1. The number of carbonyl (C=O) groups excluding carboxylic acids is 1. The van der Waals surface area contributed by atoms with Gasteiger partial charge in [0.15, 0.2) is 0 Å². The molecule has 2 rings (SSSR count). The summed E-state index contributed by atoms with van der Waals surface area (Å²) in [6.45, 7) is 1.79. The van der Waals surface area contributed by atoms with Crippen molar-refractivity contribution < 1.29 is 22.0 Å². The molecule has 1 atom stereocenters. The van der Waals surface area contributed by atoms with E-state index in [1.165, 1.54) is 24.5 Å². The van der Waals surface area contributed by atoms with E-state index >= 15 is 0 Å². The van der Waals surface area contributed by atoms with E-state index in [1.54, 1.807) is 19.1 Å². The smallest absolute Gasteiger partial charge is 0.244 e. The van der Waals surface area contributed by atoms with E-state index in [2.05, 4.69) is 5.32 Å². The first kappa shape index (κ1) is 18.0. The molecule has 1 aromatic carbocycles. The Hall–Kier alpha value is -2.35. The molecule has 0 saturated heterocycles. The minimum absolute atomic E-state index is 0.122. The fourth-order valence-corrected chi connectivity index (χ4v) is 3.58. The maximum absolute atomic E-state index is 14.1. The van der Waals surface area contributed by atoms with Crippen LogP contribution in [0.5, 0.6) is 0 Å². The third-order valence-corrected chi connectivity index (χ3v) is 4.60. The van der Waals surface area contributed by atoms with E-state index in [0.717, 1.165) is 16.6 Å². The van der Waals surface area contributed by atoms with E-state index in [1.807, 2.05) is 0 Å². The molecule has 0 radical (unpaired) electrons. The fourth-order valence-electron chi connectivity index (χ4n) is 2.37. The molecular formula is C16H19FN2O4S. The van der Waals surface area contributed by atoms with Crippen molar-refractivity contribution in [2.24, 2.45) is 0 Å². The van der Waals surface area contributed by atoms with Gasteiger partial charge in [-0.1, -0.05) is 19.1 Å². The molecule has 6 nitrogen and oxygen atoms in total. The van der Waals surface area contributed by atoms with Gasteiger partial charge in [0, 0.05) is 0 Å². The second kappa shape index (κ2) is 7.48. The monoisotopic (exact) mass is 354 g/mol. The lowest BCUT2D eigenvalue weighted by molar-refractivity contribution is -0.122. The number of sulfonamides is 1. The van der Waals surface area contributed by atoms with Crippen LogP contribution in [0.4, 0.5) is 10.1 Å². The normalized spacial score (nSPS) is 12.6. The predicted octanol–water partition coefficient (Wildman–Crippen LogP) is 2.28. The van der Waals surface area contributed by atoms with Gasteiger partial charge in [-0.15, -0.1) is 0 Å². The number of nitrogens with one attached hydrogen (secondary N) is 1. The highest BCUT2D eigenvalue weighted by atomic mass is 32.2. The third kappa shape index (κ3) is 4.14. The maximum Gasteiger partial charge on any atom is 0.244 e. The minimum Gasteiger partial charge on any atom is -0.467 e. The molecule has 8 heteroatoms. The average Bonchev–Trinajstić information content (AvgIpc) is 3.03. The zero-order chi connectivity index (χ0) is 17.7. The summed E-state index contributed by atoms with van der Waals surface area (Å²) in [7, 11) is -3.86. The Bertz CT molecular complexity index is 790. The van der Waals surface area contributed by atoms with Gasteiger partial charge in [0.05, 0.1) is 24.8 Å². The van der Waals surface area contributed by atoms with Crippen LogP contribution < -0.4 is 9.62 Å². The summed E-state index contributed by atoms with van der Waals surface area (Å²) in [5.41, 5.74) is -0.153. The largest absolute Gasteiger partial charge is 0.467 e. The second-order valence-electron chi connectivity index (χ2n) is 5.23. The molecular weight excluding hydrogens is 335 g/mol. The number of amides is 1. The van der Waals surface area contributed by atoms with Crippen LogP contribution in [-0.2, 0) is 21.4 Å². The topological polar surface area (TPSA) is 79.6 Å². The van der Waals surface area contributed by atoms with Gasteiger partial charge in [-0.05, 0) is 30.7 Å². The van der Waals surface area contributed by atoms with Gasteiger partial charge in [0.1, 0.15) is 17.6 Å². The molecule has 24 heavy (non-hydrogen) atoms.